The highest BCUT2D eigenvalue weighted by Crippen LogP contribution is 2.57. The Morgan fingerprint density at radius 1 is 1.09 bits per heavy atom. The predicted molar refractivity (Wildman–Crippen MR) is 145 cm³/mol. The van der Waals surface area contributed by atoms with Crippen LogP contribution in [0.3, 0.4) is 0 Å². The molecule has 1 unspecified atom stereocenters. The third-order valence-electron chi connectivity index (χ3n) is 6.19. The Hall–Kier alpha value is -2.75. The van der Waals surface area contributed by atoms with Crippen LogP contribution < -0.4 is 5.30 Å². The number of hydrogen-bond donors (Lipinski definition) is 0. The van der Waals surface area contributed by atoms with Gasteiger partial charge in [0.2, 0.25) is 12.3 Å². The van der Waals surface area contributed by atoms with E-state index in [0.29, 0.717) is 16.4 Å². The highest BCUT2D eigenvalue weighted by atomic mass is 35.5. The molecule has 0 N–H and O–H groups in total. The Morgan fingerprint density at radius 2 is 1.77 bits per heavy atom. The van der Waals surface area contributed by atoms with Crippen molar-refractivity contribution in [3.8, 4) is 11.8 Å². The molecule has 1 saturated heterocycles. The Kier molecular flexibility index (Phi) is 6.91. The van der Waals surface area contributed by atoms with Crippen LogP contribution in [0.25, 0.3) is 11.8 Å². The van der Waals surface area contributed by atoms with Crippen molar-refractivity contribution >= 4 is 52.9 Å². The lowest BCUT2D eigenvalue weighted by Gasteiger charge is -2.36. The van der Waals surface area contributed by atoms with Gasteiger partial charge in [-0.1, -0.05) is 54.8 Å². The van der Waals surface area contributed by atoms with E-state index in [2.05, 4.69) is 10.7 Å². The third kappa shape index (κ3) is 4.72. The molecule has 0 bridgehead atoms. The summed E-state index contributed by atoms with van der Waals surface area (Å²) in [5, 5.41) is 16.4. The molecule has 178 valence electrons. The first-order valence-corrected chi connectivity index (χ1v) is 14.7. The van der Waals surface area contributed by atoms with Gasteiger partial charge in [0, 0.05) is 18.1 Å². The summed E-state index contributed by atoms with van der Waals surface area (Å²) in [6, 6.07) is 19.5. The maximum absolute atomic E-state index is 10.1. The van der Waals surface area contributed by atoms with E-state index in [1.807, 2.05) is 54.1 Å². The number of fused-ring (bicyclic) bond motifs is 1. The zero-order valence-corrected chi connectivity index (χ0v) is 21.9. The fourth-order valence-electron chi connectivity index (χ4n) is 4.46. The number of nitrogens with zero attached hydrogens (tertiary/aromatic N) is 5. The molecular formula is C26H25ClN5OPS. The normalized spacial score (nSPS) is 20.8. The van der Waals surface area contributed by atoms with Crippen LogP contribution in [-0.2, 0) is 16.3 Å². The van der Waals surface area contributed by atoms with E-state index in [1.54, 1.807) is 18.2 Å². The van der Waals surface area contributed by atoms with Crippen molar-refractivity contribution in [2.75, 3.05) is 13.1 Å². The topological polar surface area (TPSA) is 66.4 Å². The number of hydrogen-bond acceptors (Lipinski definition) is 5. The number of benzene rings is 2. The van der Waals surface area contributed by atoms with Crippen LogP contribution in [0.5, 0.6) is 0 Å². The van der Waals surface area contributed by atoms with E-state index < -0.39 is 6.42 Å². The minimum Gasteiger partial charge on any atom is -0.430 e. The highest BCUT2D eigenvalue weighted by molar-refractivity contribution is 8.15. The van der Waals surface area contributed by atoms with Crippen molar-refractivity contribution in [2.24, 2.45) is 4.99 Å². The van der Waals surface area contributed by atoms with E-state index in [4.69, 9.17) is 38.0 Å². The molecular weight excluding hydrogens is 497 g/mol. The molecule has 9 heteroatoms. The van der Waals surface area contributed by atoms with Crippen LogP contribution in [0, 0.1) is 18.3 Å². The molecule has 0 aliphatic carbocycles. The molecule has 1 fully saturated rings. The predicted octanol–water partition coefficient (Wildman–Crippen LogP) is 6.31. The molecule has 1 atom stereocenters. The molecule has 3 heterocycles. The molecule has 0 radical (unpaired) electrons. The number of aromatic nitrogens is 2. The van der Waals surface area contributed by atoms with E-state index in [-0.39, 0.29) is 5.90 Å². The lowest BCUT2D eigenvalue weighted by Crippen LogP contribution is -2.32. The number of aryl methyl sites for hydroxylation is 1. The Balaban J connectivity index is 1.69. The van der Waals surface area contributed by atoms with Gasteiger partial charge in [-0.15, -0.1) is 0 Å². The van der Waals surface area contributed by atoms with Gasteiger partial charge < -0.3 is 4.52 Å². The quantitative estimate of drug-likeness (QED) is 0.297. The fraction of sp³-hybridized carbons (Fsp3) is 0.269. The summed E-state index contributed by atoms with van der Waals surface area (Å²) in [6.45, 7) is 3.70. The van der Waals surface area contributed by atoms with Crippen LogP contribution >= 0.6 is 18.0 Å². The number of rotatable bonds is 4. The molecule has 5 rings (SSSR count). The third-order valence-corrected chi connectivity index (χ3v) is 10.6. The molecule has 6 nitrogen and oxygen atoms in total. The lowest BCUT2D eigenvalue weighted by molar-refractivity contribution is 0.425. The average molecular weight is 522 g/mol. The van der Waals surface area contributed by atoms with Crippen molar-refractivity contribution in [3.05, 3.63) is 76.5 Å². The molecule has 1 aromatic heterocycles. The van der Waals surface area contributed by atoms with Crippen molar-refractivity contribution in [1.82, 2.24) is 14.5 Å². The number of nitriles is 1. The first-order chi connectivity index (χ1) is 17.0. The summed E-state index contributed by atoms with van der Waals surface area (Å²) in [7, 11) is 0. The van der Waals surface area contributed by atoms with E-state index in [9.17, 15) is 5.26 Å². The van der Waals surface area contributed by atoms with Crippen molar-refractivity contribution < 1.29 is 4.52 Å². The molecule has 2 aliphatic heterocycles. The van der Waals surface area contributed by atoms with Crippen LogP contribution in [0.1, 0.15) is 36.9 Å². The molecule has 0 amide bonds. The zero-order valence-electron chi connectivity index (χ0n) is 19.4. The van der Waals surface area contributed by atoms with Crippen LogP contribution in [0.15, 0.2) is 65.2 Å². The van der Waals surface area contributed by atoms with Gasteiger partial charge in [-0.2, -0.15) is 15.4 Å². The maximum atomic E-state index is 10.1. The molecule has 3 aromatic rings. The van der Waals surface area contributed by atoms with Crippen molar-refractivity contribution in [2.45, 2.75) is 32.6 Å². The molecule has 0 saturated carbocycles. The van der Waals surface area contributed by atoms with Crippen molar-refractivity contribution in [3.63, 3.8) is 0 Å². The summed E-state index contributed by atoms with van der Waals surface area (Å²) >= 11 is 12.4. The summed E-state index contributed by atoms with van der Waals surface area (Å²) in [5.41, 5.74) is 2.86. The van der Waals surface area contributed by atoms with E-state index >= 15 is 0 Å². The number of halogens is 1. The first kappa shape index (κ1) is 24.0. The van der Waals surface area contributed by atoms with Gasteiger partial charge >= 0.3 is 0 Å². The second kappa shape index (κ2) is 10.1. The van der Waals surface area contributed by atoms with Gasteiger partial charge in [0.25, 0.3) is 0 Å². The number of para-hydroxylation sites is 1. The summed E-state index contributed by atoms with van der Waals surface area (Å²) in [5.74, 6) is 0.902. The van der Waals surface area contributed by atoms with E-state index in [0.717, 1.165) is 48.2 Å². The first-order valence-electron chi connectivity index (χ1n) is 11.7. The molecule has 2 aromatic carbocycles. The smallest absolute Gasteiger partial charge is 0.238 e. The standard InChI is InChI=1S/C26H25ClN5OPS/c1-19-24-25(32(30-19)23-9-5-4-6-10-23)29-26(21(18-28)17-20-11-13-22(27)14-12-20)33-34(24,35)31-15-7-2-3-8-16-31/h4-6,9-14,17H,2-3,7-8,15-16H2,1H3. The van der Waals surface area contributed by atoms with Crippen LogP contribution in [-0.4, -0.2) is 33.4 Å². The van der Waals surface area contributed by atoms with Gasteiger partial charge in [0.05, 0.1) is 11.4 Å². The van der Waals surface area contributed by atoms with Gasteiger partial charge in [0.15, 0.2) is 5.82 Å². The molecule has 0 spiro atoms. The second-order valence-corrected chi connectivity index (χ2v) is 12.8. The minimum absolute atomic E-state index is 0.250. The monoisotopic (exact) mass is 521 g/mol. The van der Waals surface area contributed by atoms with Gasteiger partial charge in [-0.05, 0) is 67.5 Å². The largest absolute Gasteiger partial charge is 0.430 e. The highest BCUT2D eigenvalue weighted by Gasteiger charge is 2.42. The van der Waals surface area contributed by atoms with Crippen LogP contribution in [0.2, 0.25) is 5.02 Å². The Morgan fingerprint density at radius 3 is 2.43 bits per heavy atom. The van der Waals surface area contributed by atoms with Gasteiger partial charge in [-0.25, -0.2) is 9.35 Å². The Bertz CT molecular complexity index is 1380. The summed E-state index contributed by atoms with van der Waals surface area (Å²) in [4.78, 5) is 4.85. The molecule has 2 aliphatic rings. The van der Waals surface area contributed by atoms with Crippen LogP contribution in [0.4, 0.5) is 5.82 Å². The number of aliphatic imine (C=N–C) groups is 1. The molecule has 35 heavy (non-hydrogen) atoms. The average Bonchev–Trinajstić information content (AvgIpc) is 3.03. The van der Waals surface area contributed by atoms with E-state index in [1.165, 1.54) is 12.8 Å². The van der Waals surface area contributed by atoms with Gasteiger partial charge in [-0.3, -0.25) is 0 Å². The second-order valence-electron chi connectivity index (χ2n) is 8.62. The lowest BCUT2D eigenvalue weighted by atomic mass is 10.1. The summed E-state index contributed by atoms with van der Waals surface area (Å²) in [6.07, 6.45) is 3.53. The zero-order chi connectivity index (χ0) is 24.4. The fourth-order valence-corrected chi connectivity index (χ4v) is 8.45. The Labute approximate surface area is 215 Å². The summed E-state index contributed by atoms with van der Waals surface area (Å²) < 4.78 is 10.7. The minimum atomic E-state index is -2.74. The van der Waals surface area contributed by atoms with Crippen molar-refractivity contribution in [1.29, 1.82) is 5.26 Å². The SMILES string of the molecule is Cc1nn(-c2ccccc2)c2c1P(=S)(N1CCCCCC1)OC(C(C#N)=Cc1ccc(Cl)cc1)=N2. The maximum Gasteiger partial charge on any atom is 0.238 e. The van der Waals surface area contributed by atoms with Gasteiger partial charge in [0.1, 0.15) is 16.9 Å².